The molecule has 0 spiro atoms. The first-order valence-electron chi connectivity index (χ1n) is 12.3. The van der Waals surface area contributed by atoms with E-state index < -0.39 is 17.7 Å². The molecular weight excluding hydrogens is 548 g/mol. The molecule has 0 unspecified atom stereocenters. The minimum absolute atomic E-state index is 0.0714. The van der Waals surface area contributed by atoms with Crippen LogP contribution in [0.25, 0.3) is 16.7 Å². The lowest BCUT2D eigenvalue weighted by Gasteiger charge is -2.25. The average Bonchev–Trinajstić information content (AvgIpc) is 3.45. The third-order valence-electron chi connectivity index (χ3n) is 6.76. The number of H-pyrrole nitrogens is 1. The van der Waals surface area contributed by atoms with Gasteiger partial charge in [-0.2, -0.15) is 0 Å². The van der Waals surface area contributed by atoms with Gasteiger partial charge in [0.1, 0.15) is 17.3 Å². The number of aliphatic hydroxyl groups excluding tert-OH is 1. The second kappa shape index (κ2) is 10.8. The lowest BCUT2D eigenvalue weighted by molar-refractivity contribution is -0.139. The number of ether oxygens (including phenoxy) is 2. The van der Waals surface area contributed by atoms with Crippen LogP contribution in [0.1, 0.15) is 29.7 Å². The molecule has 194 valence electrons. The summed E-state index contributed by atoms with van der Waals surface area (Å²) in [6.45, 7) is 2.71. The summed E-state index contributed by atoms with van der Waals surface area (Å²) >= 11 is 3.39. The first kappa shape index (κ1) is 25.6. The quantitative estimate of drug-likeness (QED) is 0.153. The molecule has 5 rings (SSSR count). The highest BCUT2D eigenvalue weighted by Gasteiger charge is 2.45. The molecule has 8 heteroatoms. The topological polar surface area (TPSA) is 91.9 Å². The number of likely N-dealkylation sites (tertiary alicyclic amines) is 1. The predicted molar refractivity (Wildman–Crippen MR) is 149 cm³/mol. The molecular formula is C30H27BrN2O5. The fourth-order valence-corrected chi connectivity index (χ4v) is 5.13. The van der Waals surface area contributed by atoms with Crippen molar-refractivity contribution < 1.29 is 24.2 Å². The molecule has 1 fully saturated rings. The van der Waals surface area contributed by atoms with Gasteiger partial charge in [0.25, 0.3) is 11.7 Å². The van der Waals surface area contributed by atoms with E-state index >= 15 is 0 Å². The number of halogens is 1. The summed E-state index contributed by atoms with van der Waals surface area (Å²) in [6, 6.07) is 19.3. The van der Waals surface area contributed by atoms with Crippen molar-refractivity contribution in [2.75, 3.05) is 20.3 Å². The number of nitrogens with zero attached hydrogens (tertiary/aromatic N) is 1. The van der Waals surface area contributed by atoms with E-state index in [0.29, 0.717) is 29.9 Å². The van der Waals surface area contributed by atoms with E-state index in [1.807, 2.05) is 55.6 Å². The number of carbonyl (C=O) groups excluding carboxylic acids is 2. The van der Waals surface area contributed by atoms with Crippen LogP contribution in [0.5, 0.6) is 11.5 Å². The van der Waals surface area contributed by atoms with Gasteiger partial charge in [-0.25, -0.2) is 0 Å². The van der Waals surface area contributed by atoms with Crippen molar-refractivity contribution in [3.05, 3.63) is 99.7 Å². The van der Waals surface area contributed by atoms with Gasteiger partial charge in [-0.3, -0.25) is 9.59 Å². The minimum Gasteiger partial charge on any atom is -0.507 e. The van der Waals surface area contributed by atoms with E-state index in [9.17, 15) is 14.7 Å². The van der Waals surface area contributed by atoms with Crippen LogP contribution in [-0.2, 0) is 16.0 Å². The number of carbonyl (C=O) groups is 2. The Labute approximate surface area is 228 Å². The van der Waals surface area contributed by atoms with Gasteiger partial charge in [-0.1, -0.05) is 40.2 Å². The molecule has 1 aromatic heterocycles. The van der Waals surface area contributed by atoms with E-state index in [-0.39, 0.29) is 17.9 Å². The molecule has 4 aromatic rings. The maximum atomic E-state index is 13.4. The van der Waals surface area contributed by atoms with Gasteiger partial charge in [-0.15, -0.1) is 0 Å². The van der Waals surface area contributed by atoms with Crippen LogP contribution in [0.15, 0.2) is 83.0 Å². The molecule has 0 aliphatic carbocycles. The molecule has 7 nitrogen and oxygen atoms in total. The molecule has 0 radical (unpaired) electrons. The Morgan fingerprint density at radius 1 is 1.03 bits per heavy atom. The predicted octanol–water partition coefficient (Wildman–Crippen LogP) is 6.00. The van der Waals surface area contributed by atoms with Gasteiger partial charge in [-0.05, 0) is 66.9 Å². The summed E-state index contributed by atoms with van der Waals surface area (Å²) in [7, 11) is 1.62. The number of hydrogen-bond acceptors (Lipinski definition) is 5. The van der Waals surface area contributed by atoms with E-state index in [1.54, 1.807) is 36.3 Å². The standard InChI is InChI=1S/C30H27BrN2O5/c1-3-38-22-10-6-18(7-11-22)27-26(28(34)19-4-8-21(31)9-5-19)29(35)30(36)33(27)15-14-20-17-32-25-13-12-23(37-2)16-24(20)25/h4-13,16-17,27,32,34H,3,14-15H2,1-2H3/t27-/m1/s1. The largest absolute Gasteiger partial charge is 0.507 e. The maximum absolute atomic E-state index is 13.4. The molecule has 1 aliphatic heterocycles. The fourth-order valence-electron chi connectivity index (χ4n) is 4.87. The van der Waals surface area contributed by atoms with Gasteiger partial charge >= 0.3 is 0 Å². The molecule has 2 N–H and O–H groups in total. The molecule has 2 heterocycles. The number of benzene rings is 3. The van der Waals surface area contributed by atoms with E-state index in [4.69, 9.17) is 9.47 Å². The summed E-state index contributed by atoms with van der Waals surface area (Å²) < 4.78 is 11.8. The highest BCUT2D eigenvalue weighted by molar-refractivity contribution is 9.10. The molecule has 0 saturated carbocycles. The first-order chi connectivity index (χ1) is 18.4. The van der Waals surface area contributed by atoms with Gasteiger partial charge in [0.15, 0.2) is 0 Å². The average molecular weight is 575 g/mol. The fraction of sp³-hybridized carbons (Fsp3) is 0.200. The number of hydrogen-bond donors (Lipinski definition) is 2. The van der Waals surface area contributed by atoms with Crippen LogP contribution >= 0.6 is 15.9 Å². The molecule has 1 aliphatic rings. The third kappa shape index (κ3) is 4.79. The summed E-state index contributed by atoms with van der Waals surface area (Å²) in [5.41, 5.74) is 3.21. The Morgan fingerprint density at radius 3 is 2.42 bits per heavy atom. The molecule has 3 aromatic carbocycles. The Hall–Kier alpha value is -4.04. The monoisotopic (exact) mass is 574 g/mol. The van der Waals surface area contributed by atoms with Crippen LogP contribution in [0, 0.1) is 0 Å². The van der Waals surface area contributed by atoms with Crippen molar-refractivity contribution in [3.8, 4) is 11.5 Å². The number of nitrogens with one attached hydrogen (secondary N) is 1. The highest BCUT2D eigenvalue weighted by Crippen LogP contribution is 2.40. The van der Waals surface area contributed by atoms with Crippen molar-refractivity contribution in [2.45, 2.75) is 19.4 Å². The molecule has 38 heavy (non-hydrogen) atoms. The number of methoxy groups -OCH3 is 1. The lowest BCUT2D eigenvalue weighted by atomic mass is 9.95. The van der Waals surface area contributed by atoms with Crippen molar-refractivity contribution in [3.63, 3.8) is 0 Å². The Balaban J connectivity index is 1.54. The van der Waals surface area contributed by atoms with E-state index in [0.717, 1.165) is 26.7 Å². The van der Waals surface area contributed by atoms with Crippen LogP contribution in [0.2, 0.25) is 0 Å². The van der Waals surface area contributed by atoms with Crippen molar-refractivity contribution >= 4 is 44.3 Å². The normalized spacial score (nSPS) is 16.8. The van der Waals surface area contributed by atoms with Crippen molar-refractivity contribution in [2.24, 2.45) is 0 Å². The number of fused-ring (bicyclic) bond motifs is 1. The zero-order chi connectivity index (χ0) is 26.8. The number of aliphatic hydroxyl groups is 1. The maximum Gasteiger partial charge on any atom is 0.295 e. The van der Waals surface area contributed by atoms with Gasteiger partial charge < -0.3 is 24.5 Å². The number of aromatic nitrogens is 1. The number of amides is 1. The summed E-state index contributed by atoms with van der Waals surface area (Å²) in [5, 5.41) is 12.3. The van der Waals surface area contributed by atoms with Gasteiger partial charge in [0.05, 0.1) is 25.3 Å². The SMILES string of the molecule is CCOc1ccc([C@@H]2C(=C(O)c3ccc(Br)cc3)C(=O)C(=O)N2CCc2c[nH]c3ccc(OC)cc23)cc1. The van der Waals surface area contributed by atoms with Crippen LogP contribution < -0.4 is 9.47 Å². The van der Waals surface area contributed by atoms with E-state index in [2.05, 4.69) is 20.9 Å². The van der Waals surface area contributed by atoms with Gasteiger partial charge in [0.2, 0.25) is 0 Å². The Bertz CT molecular complexity index is 1520. The lowest BCUT2D eigenvalue weighted by Crippen LogP contribution is -2.31. The van der Waals surface area contributed by atoms with Crippen LogP contribution in [-0.4, -0.2) is 46.9 Å². The summed E-state index contributed by atoms with van der Waals surface area (Å²) in [5.74, 6) is -0.115. The second-order valence-corrected chi connectivity index (χ2v) is 9.89. The van der Waals surface area contributed by atoms with Crippen molar-refractivity contribution in [1.82, 2.24) is 9.88 Å². The molecule has 1 saturated heterocycles. The number of Topliss-reactive ketones (excluding diaryl/α,β-unsaturated/α-hetero) is 1. The smallest absolute Gasteiger partial charge is 0.295 e. The zero-order valence-electron chi connectivity index (χ0n) is 21.0. The molecule has 1 atom stereocenters. The van der Waals surface area contributed by atoms with Crippen LogP contribution in [0.4, 0.5) is 0 Å². The molecule has 0 bridgehead atoms. The summed E-state index contributed by atoms with van der Waals surface area (Å²) in [4.78, 5) is 31.5. The highest BCUT2D eigenvalue weighted by atomic mass is 79.9. The molecule has 1 amide bonds. The van der Waals surface area contributed by atoms with Gasteiger partial charge in [0, 0.05) is 33.7 Å². The summed E-state index contributed by atoms with van der Waals surface area (Å²) in [6.07, 6.45) is 2.42. The third-order valence-corrected chi connectivity index (χ3v) is 7.29. The second-order valence-electron chi connectivity index (χ2n) is 8.98. The Kier molecular flexibility index (Phi) is 7.24. The number of aromatic amines is 1. The number of rotatable bonds is 8. The first-order valence-corrected chi connectivity index (χ1v) is 13.1. The number of ketones is 1. The zero-order valence-corrected chi connectivity index (χ0v) is 22.6. The Morgan fingerprint density at radius 2 is 1.74 bits per heavy atom. The minimum atomic E-state index is -0.742. The van der Waals surface area contributed by atoms with Crippen molar-refractivity contribution in [1.29, 1.82) is 0 Å². The van der Waals surface area contributed by atoms with Crippen LogP contribution in [0.3, 0.4) is 0 Å². The van der Waals surface area contributed by atoms with E-state index in [1.165, 1.54) is 0 Å².